The molecular weight excluding hydrogens is 328 g/mol. The van der Waals surface area contributed by atoms with E-state index in [1.807, 2.05) is 30.8 Å². The second kappa shape index (κ2) is 9.65. The van der Waals surface area contributed by atoms with Gasteiger partial charge in [0.1, 0.15) is 6.54 Å². The number of carbonyl (C=O) groups is 2. The van der Waals surface area contributed by atoms with Gasteiger partial charge in [0.25, 0.3) is 0 Å². The van der Waals surface area contributed by atoms with Crippen LogP contribution in [0, 0.1) is 0 Å². The Balaban J connectivity index is 1.71. The largest absolute Gasteiger partial charge is 0.353 e. The van der Waals surface area contributed by atoms with Gasteiger partial charge in [-0.15, -0.1) is 0 Å². The minimum atomic E-state index is -0.0961. The van der Waals surface area contributed by atoms with Gasteiger partial charge in [-0.2, -0.15) is 16.9 Å². The molecule has 1 fully saturated rings. The van der Waals surface area contributed by atoms with Crippen molar-refractivity contribution in [1.82, 2.24) is 25.3 Å². The first kappa shape index (κ1) is 18.8. The van der Waals surface area contributed by atoms with E-state index in [-0.39, 0.29) is 24.4 Å². The predicted octanol–water partition coefficient (Wildman–Crippen LogP) is -0.405. The molecule has 1 aliphatic rings. The van der Waals surface area contributed by atoms with E-state index >= 15 is 0 Å². The number of hydrogen-bond donors (Lipinski definition) is 3. The molecule has 0 bridgehead atoms. The number of aromatic nitrogens is 2. The van der Waals surface area contributed by atoms with Crippen LogP contribution in [0.25, 0.3) is 0 Å². The number of rotatable bonds is 8. The highest BCUT2D eigenvalue weighted by Gasteiger charge is 2.17. The smallest absolute Gasteiger partial charge is 0.241 e. The molecule has 1 aliphatic heterocycles. The first-order valence-electron chi connectivity index (χ1n) is 8.08. The van der Waals surface area contributed by atoms with Crippen molar-refractivity contribution in [2.75, 3.05) is 50.6 Å². The highest BCUT2D eigenvalue weighted by molar-refractivity contribution is 7.99. The molecule has 0 spiro atoms. The van der Waals surface area contributed by atoms with Crippen LogP contribution in [0.2, 0.25) is 0 Å². The summed E-state index contributed by atoms with van der Waals surface area (Å²) in [6.07, 6.45) is 3.68. The molecule has 1 atom stereocenters. The minimum Gasteiger partial charge on any atom is -0.353 e. The molecule has 1 unspecified atom stereocenters. The van der Waals surface area contributed by atoms with Crippen molar-refractivity contribution in [1.29, 1.82) is 0 Å². The summed E-state index contributed by atoms with van der Waals surface area (Å²) in [4.78, 5) is 25.8. The highest BCUT2D eigenvalue weighted by atomic mass is 32.2. The first-order chi connectivity index (χ1) is 11.5. The summed E-state index contributed by atoms with van der Waals surface area (Å²) >= 11 is 1.86. The molecule has 8 nitrogen and oxygen atoms in total. The fraction of sp³-hybridized carbons (Fsp3) is 0.667. The van der Waals surface area contributed by atoms with Gasteiger partial charge in [0.05, 0.1) is 11.9 Å². The molecule has 2 heterocycles. The van der Waals surface area contributed by atoms with Gasteiger partial charge in [0.15, 0.2) is 0 Å². The Kier molecular flexibility index (Phi) is 7.54. The van der Waals surface area contributed by atoms with Gasteiger partial charge in [-0.25, -0.2) is 0 Å². The Morgan fingerprint density at radius 1 is 1.46 bits per heavy atom. The lowest BCUT2D eigenvalue weighted by Gasteiger charge is -2.22. The maximum atomic E-state index is 12.0. The van der Waals surface area contributed by atoms with Crippen LogP contribution in [0.1, 0.15) is 6.42 Å². The van der Waals surface area contributed by atoms with E-state index in [4.69, 9.17) is 0 Å². The number of amides is 2. The Morgan fingerprint density at radius 2 is 2.29 bits per heavy atom. The lowest BCUT2D eigenvalue weighted by molar-refractivity contribution is -0.121. The molecule has 134 valence electrons. The maximum absolute atomic E-state index is 12.0. The van der Waals surface area contributed by atoms with Gasteiger partial charge in [-0.1, -0.05) is 0 Å². The van der Waals surface area contributed by atoms with Crippen molar-refractivity contribution in [3.8, 4) is 0 Å². The van der Waals surface area contributed by atoms with Crippen LogP contribution in [-0.4, -0.2) is 77.8 Å². The number of carbonyl (C=O) groups excluding carboxylic acids is 2. The van der Waals surface area contributed by atoms with E-state index in [0.717, 1.165) is 24.6 Å². The summed E-state index contributed by atoms with van der Waals surface area (Å²) in [5.74, 6) is 1.92. The summed E-state index contributed by atoms with van der Waals surface area (Å²) in [7, 11) is 3.91. The van der Waals surface area contributed by atoms with E-state index in [1.54, 1.807) is 12.4 Å². The number of likely N-dealkylation sites (N-methyl/N-ethyl adjacent to an activating group) is 1. The zero-order chi connectivity index (χ0) is 17.4. The molecule has 1 aromatic rings. The highest BCUT2D eigenvalue weighted by Crippen LogP contribution is 2.12. The van der Waals surface area contributed by atoms with Gasteiger partial charge < -0.3 is 20.9 Å². The minimum absolute atomic E-state index is 0.0371. The van der Waals surface area contributed by atoms with Crippen LogP contribution in [0.3, 0.4) is 0 Å². The molecule has 1 saturated heterocycles. The second-order valence-electron chi connectivity index (χ2n) is 6.06. The lowest BCUT2D eigenvalue weighted by Crippen LogP contribution is -2.39. The fourth-order valence-electron chi connectivity index (χ4n) is 2.32. The molecule has 0 aromatic carbocycles. The lowest BCUT2D eigenvalue weighted by atomic mass is 10.2. The predicted molar refractivity (Wildman–Crippen MR) is 96.2 cm³/mol. The molecule has 0 radical (unpaired) electrons. The fourth-order valence-corrected chi connectivity index (χ4v) is 3.27. The quantitative estimate of drug-likeness (QED) is 0.588. The molecular formula is C15H26N6O2S. The summed E-state index contributed by atoms with van der Waals surface area (Å²) < 4.78 is 1.52. The molecule has 24 heavy (non-hydrogen) atoms. The van der Waals surface area contributed by atoms with Crippen LogP contribution >= 0.6 is 11.8 Å². The average Bonchev–Trinajstić information content (AvgIpc) is 2.94. The van der Waals surface area contributed by atoms with Crippen LogP contribution in [0.15, 0.2) is 12.4 Å². The Hall–Kier alpha value is -1.58. The van der Waals surface area contributed by atoms with Crippen LogP contribution in [-0.2, 0) is 16.1 Å². The SMILES string of the molecule is CN(C)CCNC(=O)Cn1cc(NC(=O)CC2CSCCN2)cn1. The van der Waals surface area contributed by atoms with Crippen LogP contribution < -0.4 is 16.0 Å². The van der Waals surface area contributed by atoms with Crippen molar-refractivity contribution >= 4 is 29.3 Å². The summed E-state index contributed by atoms with van der Waals surface area (Å²) in [5, 5.41) is 13.1. The van der Waals surface area contributed by atoms with Crippen molar-refractivity contribution < 1.29 is 9.59 Å². The molecule has 1 aromatic heterocycles. The van der Waals surface area contributed by atoms with Crippen molar-refractivity contribution in [2.45, 2.75) is 19.0 Å². The Labute approximate surface area is 146 Å². The van der Waals surface area contributed by atoms with E-state index < -0.39 is 0 Å². The van der Waals surface area contributed by atoms with Gasteiger partial charge in [0, 0.05) is 49.8 Å². The van der Waals surface area contributed by atoms with Gasteiger partial charge in [-0.3, -0.25) is 14.3 Å². The molecule has 9 heteroatoms. The van der Waals surface area contributed by atoms with Crippen molar-refractivity contribution in [3.63, 3.8) is 0 Å². The van der Waals surface area contributed by atoms with Gasteiger partial charge in [-0.05, 0) is 14.1 Å². The molecule has 2 rings (SSSR count). The zero-order valence-corrected chi connectivity index (χ0v) is 15.1. The number of hydrogen-bond acceptors (Lipinski definition) is 6. The van der Waals surface area contributed by atoms with Crippen LogP contribution in [0.4, 0.5) is 5.69 Å². The summed E-state index contributed by atoms with van der Waals surface area (Å²) in [6, 6.07) is 0.223. The maximum Gasteiger partial charge on any atom is 0.241 e. The topological polar surface area (TPSA) is 91.3 Å². The average molecular weight is 354 g/mol. The van der Waals surface area contributed by atoms with Gasteiger partial charge >= 0.3 is 0 Å². The standard InChI is InChI=1S/C15H26N6O2S/c1-20(2)5-3-17-15(23)10-21-9-13(8-18-21)19-14(22)7-12-11-24-6-4-16-12/h8-9,12,16H,3-7,10-11H2,1-2H3,(H,17,23)(H,19,22). The van der Waals surface area contributed by atoms with E-state index in [9.17, 15) is 9.59 Å². The summed E-state index contributed by atoms with van der Waals surface area (Å²) in [5.41, 5.74) is 0.615. The molecule has 3 N–H and O–H groups in total. The normalized spacial score (nSPS) is 17.7. The first-order valence-corrected chi connectivity index (χ1v) is 9.23. The van der Waals surface area contributed by atoms with E-state index in [0.29, 0.717) is 18.7 Å². The number of anilines is 1. The van der Waals surface area contributed by atoms with E-state index in [1.165, 1.54) is 4.68 Å². The van der Waals surface area contributed by atoms with Gasteiger partial charge in [0.2, 0.25) is 11.8 Å². The number of nitrogens with zero attached hydrogens (tertiary/aromatic N) is 3. The molecule has 0 aliphatic carbocycles. The zero-order valence-electron chi connectivity index (χ0n) is 14.2. The van der Waals surface area contributed by atoms with Crippen molar-refractivity contribution in [3.05, 3.63) is 12.4 Å². The third kappa shape index (κ3) is 6.90. The Bertz CT molecular complexity index is 542. The summed E-state index contributed by atoms with van der Waals surface area (Å²) in [6.45, 7) is 2.48. The Morgan fingerprint density at radius 3 is 3.00 bits per heavy atom. The molecule has 2 amide bonds. The second-order valence-corrected chi connectivity index (χ2v) is 7.21. The third-order valence-corrected chi connectivity index (χ3v) is 4.66. The number of thioether (sulfide) groups is 1. The monoisotopic (exact) mass is 354 g/mol. The van der Waals surface area contributed by atoms with Crippen molar-refractivity contribution in [2.24, 2.45) is 0 Å². The third-order valence-electron chi connectivity index (χ3n) is 3.53. The molecule has 0 saturated carbocycles. The van der Waals surface area contributed by atoms with Crippen LogP contribution in [0.5, 0.6) is 0 Å². The number of nitrogens with one attached hydrogen (secondary N) is 3. The van der Waals surface area contributed by atoms with E-state index in [2.05, 4.69) is 21.0 Å².